The van der Waals surface area contributed by atoms with Crippen molar-refractivity contribution in [2.24, 2.45) is 0 Å². The van der Waals surface area contributed by atoms with Gasteiger partial charge in [-0.3, -0.25) is 9.78 Å². The molecule has 1 atom stereocenters. The minimum Gasteiger partial charge on any atom is -0.437 e. The molecular weight excluding hydrogens is 438 g/mol. The molecule has 2 aliphatic heterocycles. The Kier molecular flexibility index (Phi) is 6.82. The molecule has 1 unspecified atom stereocenters. The first-order valence-electron chi connectivity index (χ1n) is 12.5. The summed E-state index contributed by atoms with van der Waals surface area (Å²) in [4.78, 5) is 25.4. The van der Waals surface area contributed by atoms with Gasteiger partial charge in [-0.2, -0.15) is 0 Å². The molecular formula is C29H33N3O3. The number of aryl methyl sites for hydroxylation is 2. The normalized spacial score (nSPS) is 19.8. The van der Waals surface area contributed by atoms with Gasteiger partial charge in [0.1, 0.15) is 11.4 Å². The second-order valence-electron chi connectivity index (χ2n) is 9.82. The van der Waals surface area contributed by atoms with Crippen molar-refractivity contribution in [3.8, 4) is 11.6 Å². The summed E-state index contributed by atoms with van der Waals surface area (Å²) in [5, 5.41) is 0. The molecule has 3 aromatic rings. The SMILES string of the molecule is Cc1ccc(C2(C(=O)N3CCCC(c4nccnc4Oc4cccc(C)c4)C3)CCOCC2)cc1. The van der Waals surface area contributed by atoms with Crippen LogP contribution in [0.4, 0.5) is 0 Å². The van der Waals surface area contributed by atoms with E-state index in [1.54, 1.807) is 12.4 Å². The van der Waals surface area contributed by atoms with E-state index < -0.39 is 5.41 Å². The lowest BCUT2D eigenvalue weighted by Gasteiger charge is -2.42. The maximum atomic E-state index is 14.2. The van der Waals surface area contributed by atoms with Gasteiger partial charge in [-0.05, 0) is 62.8 Å². The number of piperidine rings is 1. The molecule has 182 valence electrons. The lowest BCUT2D eigenvalue weighted by atomic mass is 9.72. The molecule has 6 nitrogen and oxygen atoms in total. The van der Waals surface area contributed by atoms with E-state index in [9.17, 15) is 4.79 Å². The van der Waals surface area contributed by atoms with Crippen LogP contribution in [0.3, 0.4) is 0 Å². The van der Waals surface area contributed by atoms with Gasteiger partial charge in [0.05, 0.1) is 5.41 Å². The van der Waals surface area contributed by atoms with E-state index in [1.807, 2.05) is 36.1 Å². The second-order valence-corrected chi connectivity index (χ2v) is 9.82. The molecule has 2 aromatic carbocycles. The topological polar surface area (TPSA) is 64.6 Å². The van der Waals surface area contributed by atoms with Crippen LogP contribution in [0.15, 0.2) is 60.9 Å². The van der Waals surface area contributed by atoms with E-state index in [0.717, 1.165) is 42.0 Å². The van der Waals surface area contributed by atoms with Gasteiger partial charge in [0.15, 0.2) is 0 Å². The van der Waals surface area contributed by atoms with Crippen molar-refractivity contribution < 1.29 is 14.3 Å². The maximum Gasteiger partial charge on any atom is 0.241 e. The summed E-state index contributed by atoms with van der Waals surface area (Å²) in [6.45, 7) is 6.71. The van der Waals surface area contributed by atoms with Crippen molar-refractivity contribution >= 4 is 5.91 Å². The first-order chi connectivity index (χ1) is 17.0. The van der Waals surface area contributed by atoms with Crippen LogP contribution in [-0.2, 0) is 14.9 Å². The summed E-state index contributed by atoms with van der Waals surface area (Å²) in [6.07, 6.45) is 6.68. The van der Waals surface area contributed by atoms with Crippen molar-refractivity contribution in [3.05, 3.63) is 83.3 Å². The van der Waals surface area contributed by atoms with Gasteiger partial charge < -0.3 is 14.4 Å². The first kappa shape index (κ1) is 23.5. The molecule has 2 aliphatic rings. The highest BCUT2D eigenvalue weighted by molar-refractivity contribution is 5.88. The second kappa shape index (κ2) is 10.2. The van der Waals surface area contributed by atoms with Crippen molar-refractivity contribution in [1.29, 1.82) is 0 Å². The number of benzene rings is 2. The zero-order valence-corrected chi connectivity index (χ0v) is 20.6. The van der Waals surface area contributed by atoms with Crippen molar-refractivity contribution in [1.82, 2.24) is 14.9 Å². The predicted octanol–water partition coefficient (Wildman–Crippen LogP) is 5.34. The lowest BCUT2D eigenvalue weighted by Crippen LogP contribution is -2.52. The van der Waals surface area contributed by atoms with Crippen LogP contribution >= 0.6 is 0 Å². The number of carbonyl (C=O) groups excluding carboxylic acids is 1. The fourth-order valence-corrected chi connectivity index (χ4v) is 5.39. The Morgan fingerprint density at radius 1 is 1.03 bits per heavy atom. The van der Waals surface area contributed by atoms with Crippen LogP contribution in [0.5, 0.6) is 11.6 Å². The van der Waals surface area contributed by atoms with E-state index in [0.29, 0.717) is 38.5 Å². The standard InChI is InChI=1S/C29H33N3O3/c1-21-8-10-24(11-9-21)29(12-17-34-18-13-29)28(33)32-16-4-6-23(20-32)26-27(31-15-14-30-26)35-25-7-3-5-22(2)19-25/h3,5,7-11,14-15,19,23H,4,6,12-13,16-18,20H2,1-2H3. The highest BCUT2D eigenvalue weighted by Gasteiger charge is 2.45. The Morgan fingerprint density at radius 3 is 2.57 bits per heavy atom. The molecule has 2 saturated heterocycles. The molecule has 0 aliphatic carbocycles. The van der Waals surface area contributed by atoms with Gasteiger partial charge in [0.2, 0.25) is 11.8 Å². The number of aromatic nitrogens is 2. The summed E-state index contributed by atoms with van der Waals surface area (Å²) in [5.41, 5.74) is 3.71. The van der Waals surface area contributed by atoms with Crippen LogP contribution in [-0.4, -0.2) is 47.1 Å². The van der Waals surface area contributed by atoms with Gasteiger partial charge in [-0.25, -0.2) is 4.98 Å². The van der Waals surface area contributed by atoms with Crippen LogP contribution in [0.25, 0.3) is 0 Å². The smallest absolute Gasteiger partial charge is 0.241 e. The van der Waals surface area contributed by atoms with Crippen LogP contribution in [0.2, 0.25) is 0 Å². The summed E-state index contributed by atoms with van der Waals surface area (Å²) in [5.74, 6) is 1.56. The number of ether oxygens (including phenoxy) is 2. The van der Waals surface area contributed by atoms with Gasteiger partial charge in [-0.1, -0.05) is 42.0 Å². The monoisotopic (exact) mass is 471 g/mol. The highest BCUT2D eigenvalue weighted by atomic mass is 16.5. The summed E-state index contributed by atoms with van der Waals surface area (Å²) in [7, 11) is 0. The van der Waals surface area contributed by atoms with E-state index in [1.165, 1.54) is 5.56 Å². The van der Waals surface area contributed by atoms with E-state index >= 15 is 0 Å². The zero-order chi connectivity index (χ0) is 24.3. The maximum absolute atomic E-state index is 14.2. The number of likely N-dealkylation sites (tertiary alicyclic amines) is 1. The van der Waals surface area contributed by atoms with Gasteiger partial charge in [-0.15, -0.1) is 0 Å². The minimum absolute atomic E-state index is 0.0797. The molecule has 5 rings (SSSR count). The fraction of sp³-hybridized carbons (Fsp3) is 0.414. The molecule has 1 amide bonds. The number of amides is 1. The third-order valence-electron chi connectivity index (χ3n) is 7.35. The molecule has 35 heavy (non-hydrogen) atoms. The van der Waals surface area contributed by atoms with Crippen LogP contribution in [0.1, 0.15) is 54.0 Å². The van der Waals surface area contributed by atoms with E-state index in [2.05, 4.69) is 41.2 Å². The summed E-state index contributed by atoms with van der Waals surface area (Å²) in [6, 6.07) is 16.4. The fourth-order valence-electron chi connectivity index (χ4n) is 5.39. The third-order valence-corrected chi connectivity index (χ3v) is 7.35. The Balaban J connectivity index is 1.40. The van der Waals surface area contributed by atoms with Gasteiger partial charge in [0.25, 0.3) is 0 Å². The quantitative estimate of drug-likeness (QED) is 0.503. The zero-order valence-electron chi connectivity index (χ0n) is 20.6. The highest BCUT2D eigenvalue weighted by Crippen LogP contribution is 2.40. The van der Waals surface area contributed by atoms with Gasteiger partial charge in [0, 0.05) is 44.6 Å². The Morgan fingerprint density at radius 2 is 1.80 bits per heavy atom. The van der Waals surface area contributed by atoms with Crippen LogP contribution in [0, 0.1) is 13.8 Å². The van der Waals surface area contributed by atoms with E-state index in [4.69, 9.17) is 9.47 Å². The number of carbonyl (C=O) groups is 1. The van der Waals surface area contributed by atoms with Crippen molar-refractivity contribution in [2.75, 3.05) is 26.3 Å². The van der Waals surface area contributed by atoms with Crippen molar-refractivity contribution in [2.45, 2.75) is 50.9 Å². The molecule has 1 aromatic heterocycles. The predicted molar refractivity (Wildman–Crippen MR) is 135 cm³/mol. The Hall–Kier alpha value is -3.25. The number of rotatable bonds is 5. The molecule has 0 bridgehead atoms. The van der Waals surface area contributed by atoms with Crippen molar-refractivity contribution in [3.63, 3.8) is 0 Å². The minimum atomic E-state index is -0.531. The molecule has 0 radical (unpaired) electrons. The van der Waals surface area contributed by atoms with E-state index in [-0.39, 0.29) is 11.8 Å². The first-order valence-corrected chi connectivity index (χ1v) is 12.5. The average molecular weight is 472 g/mol. The Bertz CT molecular complexity index is 1170. The largest absolute Gasteiger partial charge is 0.437 e. The molecule has 3 heterocycles. The number of nitrogens with zero attached hydrogens (tertiary/aromatic N) is 3. The molecule has 0 saturated carbocycles. The third kappa shape index (κ3) is 4.94. The van der Waals surface area contributed by atoms with Gasteiger partial charge >= 0.3 is 0 Å². The Labute approximate surface area is 207 Å². The average Bonchev–Trinajstić information content (AvgIpc) is 2.89. The molecule has 0 N–H and O–H groups in total. The number of hydrogen-bond donors (Lipinski definition) is 0. The number of hydrogen-bond acceptors (Lipinski definition) is 5. The summed E-state index contributed by atoms with van der Waals surface area (Å²) < 4.78 is 11.8. The lowest BCUT2D eigenvalue weighted by molar-refractivity contribution is -0.142. The molecule has 2 fully saturated rings. The summed E-state index contributed by atoms with van der Waals surface area (Å²) >= 11 is 0. The molecule has 0 spiro atoms. The molecule has 6 heteroatoms. The van der Waals surface area contributed by atoms with Crippen LogP contribution < -0.4 is 4.74 Å².